The van der Waals surface area contributed by atoms with Crippen LogP contribution in [0.5, 0.6) is 0 Å². The molecule has 2 heterocycles. The van der Waals surface area contributed by atoms with E-state index in [9.17, 15) is 30.0 Å². The summed E-state index contributed by atoms with van der Waals surface area (Å²) in [6.07, 6.45) is -2.28. The topological polar surface area (TPSA) is 143 Å². The Hall–Kier alpha value is -2.04. The lowest BCUT2D eigenvalue weighted by molar-refractivity contribution is -0.291. The van der Waals surface area contributed by atoms with E-state index in [4.69, 9.17) is 14.2 Å². The molecule has 0 bridgehead atoms. The number of allylic oxidation sites excluding steroid dienone is 2. The summed E-state index contributed by atoms with van der Waals surface area (Å²) in [7, 11) is 0. The van der Waals surface area contributed by atoms with Gasteiger partial charge in [-0.25, -0.2) is 9.59 Å². The van der Waals surface area contributed by atoms with Gasteiger partial charge in [-0.15, -0.1) is 0 Å². The van der Waals surface area contributed by atoms with Crippen molar-refractivity contribution in [3.63, 3.8) is 0 Å². The second-order valence-corrected chi connectivity index (χ2v) is 7.94. The molecule has 7 unspecified atom stereocenters. The number of hydrogen-bond donors (Lipinski definition) is 4. The first-order chi connectivity index (χ1) is 14.2. The summed E-state index contributed by atoms with van der Waals surface area (Å²) >= 11 is 0. The Morgan fingerprint density at radius 3 is 2.67 bits per heavy atom. The minimum absolute atomic E-state index is 0.291. The SMILES string of the molecule is C=C1C(=O)OC2C=C(C)CCCC(C(=O)OC3OC(CO)C(O)C(O)C3O)=CCC12. The van der Waals surface area contributed by atoms with Crippen molar-refractivity contribution in [1.29, 1.82) is 0 Å². The van der Waals surface area contributed by atoms with Crippen molar-refractivity contribution < 1.29 is 44.2 Å². The van der Waals surface area contributed by atoms with E-state index < -0.39 is 55.4 Å². The Bertz CT molecular complexity index is 754. The van der Waals surface area contributed by atoms with E-state index in [1.54, 1.807) is 6.08 Å². The van der Waals surface area contributed by atoms with E-state index in [0.717, 1.165) is 5.57 Å². The molecule has 0 amide bonds. The molecular weight excluding hydrogens is 396 g/mol. The zero-order valence-corrected chi connectivity index (χ0v) is 16.8. The lowest BCUT2D eigenvalue weighted by Crippen LogP contribution is -2.59. The molecule has 0 saturated carbocycles. The lowest BCUT2D eigenvalue weighted by atomic mass is 9.89. The zero-order chi connectivity index (χ0) is 22.0. The second-order valence-electron chi connectivity index (χ2n) is 7.94. The highest BCUT2D eigenvalue weighted by atomic mass is 16.7. The van der Waals surface area contributed by atoms with Gasteiger partial charge in [0.1, 0.15) is 30.5 Å². The summed E-state index contributed by atoms with van der Waals surface area (Å²) in [5.74, 6) is -1.48. The van der Waals surface area contributed by atoms with Gasteiger partial charge in [0.2, 0.25) is 6.29 Å². The molecule has 9 heteroatoms. The summed E-state index contributed by atoms with van der Waals surface area (Å²) < 4.78 is 15.9. The molecule has 0 radical (unpaired) electrons. The zero-order valence-electron chi connectivity index (χ0n) is 16.8. The molecule has 0 spiro atoms. The number of rotatable bonds is 3. The standard InChI is InChI=1S/C21H28O9/c1-10-4-3-5-12(6-7-13-11(2)19(26)28-14(13)8-10)20(27)30-21-18(25)17(24)16(23)15(9-22)29-21/h6,8,13-18,21-25H,2-5,7,9H2,1H3. The van der Waals surface area contributed by atoms with Crippen LogP contribution in [0.25, 0.3) is 0 Å². The van der Waals surface area contributed by atoms with Gasteiger partial charge < -0.3 is 34.6 Å². The minimum Gasteiger partial charge on any atom is -0.454 e. The smallest absolute Gasteiger partial charge is 0.336 e. The van der Waals surface area contributed by atoms with Gasteiger partial charge in [-0.3, -0.25) is 0 Å². The Balaban J connectivity index is 1.74. The largest absolute Gasteiger partial charge is 0.454 e. The van der Waals surface area contributed by atoms with E-state index in [1.165, 1.54) is 0 Å². The number of aliphatic hydroxyl groups excluding tert-OH is 4. The van der Waals surface area contributed by atoms with Gasteiger partial charge in [0, 0.05) is 17.1 Å². The monoisotopic (exact) mass is 424 g/mol. The summed E-state index contributed by atoms with van der Waals surface area (Å²) in [4.78, 5) is 24.7. The number of esters is 2. The number of carbonyl (C=O) groups is 2. The summed E-state index contributed by atoms with van der Waals surface area (Å²) in [6, 6.07) is 0. The third kappa shape index (κ3) is 4.65. The molecule has 30 heavy (non-hydrogen) atoms. The molecule has 3 aliphatic rings. The van der Waals surface area contributed by atoms with Crippen molar-refractivity contribution in [3.05, 3.63) is 35.5 Å². The number of ether oxygens (including phenoxy) is 3. The fourth-order valence-electron chi connectivity index (χ4n) is 3.88. The minimum atomic E-state index is -1.66. The van der Waals surface area contributed by atoms with Crippen LogP contribution in [0.2, 0.25) is 0 Å². The van der Waals surface area contributed by atoms with Gasteiger partial charge in [-0.1, -0.05) is 18.2 Å². The normalized spacial score (nSPS) is 37.6. The van der Waals surface area contributed by atoms with Crippen LogP contribution in [0.1, 0.15) is 32.6 Å². The van der Waals surface area contributed by atoms with Crippen LogP contribution in [0.3, 0.4) is 0 Å². The quantitative estimate of drug-likeness (QED) is 0.277. The molecule has 166 valence electrons. The van der Waals surface area contributed by atoms with E-state index in [0.29, 0.717) is 36.8 Å². The average Bonchev–Trinajstić information content (AvgIpc) is 2.97. The van der Waals surface area contributed by atoms with E-state index in [-0.39, 0.29) is 5.92 Å². The Labute approximate surface area is 174 Å². The molecule has 1 aliphatic carbocycles. The average molecular weight is 424 g/mol. The van der Waals surface area contributed by atoms with Crippen molar-refractivity contribution in [2.75, 3.05) is 6.61 Å². The molecule has 7 atom stereocenters. The molecule has 0 aromatic rings. The summed E-state index contributed by atoms with van der Waals surface area (Å²) in [5, 5.41) is 39.1. The van der Waals surface area contributed by atoms with Crippen molar-refractivity contribution >= 4 is 11.9 Å². The molecule has 2 saturated heterocycles. The maximum absolute atomic E-state index is 12.8. The van der Waals surface area contributed by atoms with Crippen LogP contribution < -0.4 is 0 Å². The first kappa shape index (κ1) is 22.6. The van der Waals surface area contributed by atoms with Crippen LogP contribution in [0.15, 0.2) is 35.5 Å². The highest BCUT2D eigenvalue weighted by Crippen LogP contribution is 2.33. The second kappa shape index (κ2) is 9.40. The molecular formula is C21H28O9. The van der Waals surface area contributed by atoms with E-state index >= 15 is 0 Å². The highest BCUT2D eigenvalue weighted by Gasteiger charge is 2.45. The summed E-state index contributed by atoms with van der Waals surface area (Å²) in [5.41, 5.74) is 1.73. The Morgan fingerprint density at radius 2 is 1.97 bits per heavy atom. The number of carbonyl (C=O) groups excluding carboxylic acids is 2. The maximum Gasteiger partial charge on any atom is 0.336 e. The first-order valence-corrected chi connectivity index (χ1v) is 10.0. The predicted molar refractivity (Wildman–Crippen MR) is 103 cm³/mol. The Kier molecular flexibility index (Phi) is 7.10. The first-order valence-electron chi connectivity index (χ1n) is 10.0. The lowest BCUT2D eigenvalue weighted by Gasteiger charge is -2.39. The summed E-state index contributed by atoms with van der Waals surface area (Å²) in [6.45, 7) is 5.12. The fraction of sp³-hybridized carbons (Fsp3) is 0.619. The van der Waals surface area contributed by atoms with Gasteiger partial charge in [-0.05, 0) is 38.7 Å². The van der Waals surface area contributed by atoms with Crippen LogP contribution in [0.4, 0.5) is 0 Å². The number of hydrogen-bond acceptors (Lipinski definition) is 9. The molecule has 2 fully saturated rings. The van der Waals surface area contributed by atoms with Crippen molar-refractivity contribution in [3.8, 4) is 0 Å². The van der Waals surface area contributed by atoms with Crippen LogP contribution in [0, 0.1) is 5.92 Å². The molecule has 0 aromatic carbocycles. The predicted octanol–water partition coefficient (Wildman–Crippen LogP) is -0.126. The van der Waals surface area contributed by atoms with Gasteiger partial charge in [0.25, 0.3) is 0 Å². The van der Waals surface area contributed by atoms with Crippen LogP contribution in [-0.4, -0.2) is 75.8 Å². The van der Waals surface area contributed by atoms with Crippen LogP contribution in [-0.2, 0) is 23.8 Å². The van der Waals surface area contributed by atoms with Gasteiger partial charge in [0.15, 0.2) is 0 Å². The number of fused-ring (bicyclic) bond motifs is 1. The van der Waals surface area contributed by atoms with Gasteiger partial charge in [0.05, 0.1) is 6.61 Å². The molecule has 4 N–H and O–H groups in total. The maximum atomic E-state index is 12.8. The number of aliphatic hydroxyl groups is 4. The van der Waals surface area contributed by atoms with E-state index in [1.807, 2.05) is 13.0 Å². The molecule has 9 nitrogen and oxygen atoms in total. The van der Waals surface area contributed by atoms with Crippen molar-refractivity contribution in [1.82, 2.24) is 0 Å². The van der Waals surface area contributed by atoms with E-state index in [2.05, 4.69) is 6.58 Å². The van der Waals surface area contributed by atoms with Crippen molar-refractivity contribution in [2.24, 2.45) is 5.92 Å². The van der Waals surface area contributed by atoms with Crippen LogP contribution >= 0.6 is 0 Å². The third-order valence-electron chi connectivity index (χ3n) is 5.77. The van der Waals surface area contributed by atoms with Crippen molar-refractivity contribution in [2.45, 2.75) is 69.4 Å². The highest BCUT2D eigenvalue weighted by molar-refractivity contribution is 5.91. The third-order valence-corrected chi connectivity index (χ3v) is 5.77. The van der Waals surface area contributed by atoms with Gasteiger partial charge >= 0.3 is 11.9 Å². The molecule has 2 aliphatic heterocycles. The Morgan fingerprint density at radius 1 is 1.23 bits per heavy atom. The molecule has 0 aromatic heterocycles. The fourth-order valence-corrected chi connectivity index (χ4v) is 3.88. The van der Waals surface area contributed by atoms with Gasteiger partial charge in [-0.2, -0.15) is 0 Å². The molecule has 3 rings (SSSR count).